The van der Waals surface area contributed by atoms with Gasteiger partial charge < -0.3 is 20.9 Å². The van der Waals surface area contributed by atoms with Gasteiger partial charge in [-0.25, -0.2) is 4.99 Å². The first-order valence-electron chi connectivity index (χ1n) is 8.40. The minimum atomic E-state index is 0.113. The molecule has 6 heteroatoms. The Labute approximate surface area is 148 Å². The molecule has 0 heterocycles. The van der Waals surface area contributed by atoms with Crippen molar-refractivity contribution in [3.8, 4) is 0 Å². The van der Waals surface area contributed by atoms with Gasteiger partial charge in [-0.2, -0.15) is 0 Å². The molecule has 0 amide bonds. The second kappa shape index (κ2) is 8.60. The molecule has 0 aliphatic heterocycles. The van der Waals surface area contributed by atoms with Crippen LogP contribution in [0.3, 0.4) is 0 Å². The number of nitrogens with one attached hydrogen (secondary N) is 2. The second-order valence-corrected chi connectivity index (χ2v) is 5.90. The fourth-order valence-corrected chi connectivity index (χ4v) is 2.56. The molecule has 0 saturated carbocycles. The van der Waals surface area contributed by atoms with Gasteiger partial charge in [-0.05, 0) is 44.0 Å². The van der Waals surface area contributed by atoms with Gasteiger partial charge in [0, 0.05) is 18.7 Å². The summed E-state index contributed by atoms with van der Waals surface area (Å²) < 4.78 is 5.49. The molecular weight excluding hydrogens is 316 g/mol. The fourth-order valence-electron chi connectivity index (χ4n) is 2.56. The molecular formula is C19H26N4O2. The predicted octanol–water partition coefficient (Wildman–Crippen LogP) is 2.51. The topological polar surface area (TPSA) is 104 Å². The number of aliphatic hydroxyl groups is 1. The number of hydrogen-bond donors (Lipinski definition) is 4. The minimum Gasteiger partial charge on any atom is -0.492 e. The Morgan fingerprint density at radius 2 is 2.12 bits per heavy atom. The standard InChI is InChI=1S/C19H26N4O2/c1-4-25-19-11-18(15(20)10-16(19)21)23-17-6-5-14(9-12(17)2)13(3)22-7-8-24/h5-6,9-11,13,20,22,24H,4,7-8,21H2,1-3H3. The number of aliphatic hydroxyl groups excluding tert-OH is 1. The monoisotopic (exact) mass is 342 g/mol. The van der Waals surface area contributed by atoms with Crippen LogP contribution >= 0.6 is 0 Å². The molecule has 0 radical (unpaired) electrons. The Kier molecular flexibility index (Phi) is 6.50. The quantitative estimate of drug-likeness (QED) is 0.572. The summed E-state index contributed by atoms with van der Waals surface area (Å²) in [6.45, 7) is 7.11. The maximum atomic E-state index is 8.92. The highest BCUT2D eigenvalue weighted by Gasteiger charge is 2.16. The van der Waals surface area contributed by atoms with Crippen LogP contribution in [0.2, 0.25) is 0 Å². The van der Waals surface area contributed by atoms with Crippen LogP contribution in [-0.2, 0) is 4.74 Å². The number of hydrogen-bond acceptors (Lipinski definition) is 6. The summed E-state index contributed by atoms with van der Waals surface area (Å²) in [5.41, 5.74) is 10.1. The van der Waals surface area contributed by atoms with Gasteiger partial charge in [0.2, 0.25) is 0 Å². The van der Waals surface area contributed by atoms with E-state index in [0.717, 1.165) is 16.8 Å². The summed E-state index contributed by atoms with van der Waals surface area (Å²) in [4.78, 5) is 4.60. The Bertz CT molecular complexity index is 735. The van der Waals surface area contributed by atoms with Gasteiger partial charge in [-0.3, -0.25) is 5.41 Å². The zero-order valence-electron chi connectivity index (χ0n) is 15.0. The molecule has 1 atom stereocenters. The van der Waals surface area contributed by atoms with Crippen molar-refractivity contribution in [3.63, 3.8) is 0 Å². The summed E-state index contributed by atoms with van der Waals surface area (Å²) in [5.74, 6) is 0.549. The van der Waals surface area contributed by atoms with Crippen LogP contribution in [0.25, 0.3) is 0 Å². The molecule has 0 bridgehead atoms. The van der Waals surface area contributed by atoms with Crippen LogP contribution in [0.5, 0.6) is 0 Å². The zero-order chi connectivity index (χ0) is 18.4. The Morgan fingerprint density at radius 3 is 2.76 bits per heavy atom. The first-order chi connectivity index (χ1) is 12.0. The molecule has 1 aromatic carbocycles. The molecule has 0 saturated heterocycles. The van der Waals surface area contributed by atoms with Crippen molar-refractivity contribution in [1.82, 2.24) is 5.32 Å². The third-order valence-electron chi connectivity index (χ3n) is 3.95. The third-order valence-corrected chi connectivity index (χ3v) is 3.95. The predicted molar refractivity (Wildman–Crippen MR) is 101 cm³/mol. The highest BCUT2D eigenvalue weighted by molar-refractivity contribution is 6.50. The van der Waals surface area contributed by atoms with E-state index in [1.165, 1.54) is 0 Å². The van der Waals surface area contributed by atoms with E-state index in [1.807, 2.05) is 26.0 Å². The number of ether oxygens (including phenoxy) is 1. The van der Waals surface area contributed by atoms with Crippen molar-refractivity contribution in [2.24, 2.45) is 10.7 Å². The Morgan fingerprint density at radius 1 is 1.36 bits per heavy atom. The molecule has 5 N–H and O–H groups in total. The number of allylic oxidation sites excluding steroid dienone is 2. The first-order valence-corrected chi connectivity index (χ1v) is 8.40. The zero-order valence-corrected chi connectivity index (χ0v) is 15.0. The van der Waals surface area contributed by atoms with Crippen molar-refractivity contribution >= 4 is 17.1 Å². The van der Waals surface area contributed by atoms with Crippen LogP contribution in [-0.4, -0.2) is 36.3 Å². The van der Waals surface area contributed by atoms with E-state index in [-0.39, 0.29) is 18.4 Å². The van der Waals surface area contributed by atoms with Gasteiger partial charge in [-0.1, -0.05) is 12.1 Å². The molecule has 134 valence electrons. The van der Waals surface area contributed by atoms with E-state index in [0.29, 0.717) is 30.3 Å². The van der Waals surface area contributed by atoms with E-state index in [9.17, 15) is 0 Å². The second-order valence-electron chi connectivity index (χ2n) is 5.90. The number of nitrogens with zero attached hydrogens (tertiary/aromatic N) is 1. The third kappa shape index (κ3) is 4.78. The van der Waals surface area contributed by atoms with Gasteiger partial charge in [0.15, 0.2) is 0 Å². The van der Waals surface area contributed by atoms with E-state index >= 15 is 0 Å². The maximum absolute atomic E-state index is 8.92. The van der Waals surface area contributed by atoms with Crippen molar-refractivity contribution in [2.45, 2.75) is 26.8 Å². The van der Waals surface area contributed by atoms with Crippen molar-refractivity contribution < 1.29 is 9.84 Å². The van der Waals surface area contributed by atoms with Gasteiger partial charge in [-0.15, -0.1) is 0 Å². The van der Waals surface area contributed by atoms with Crippen LogP contribution in [0.4, 0.5) is 5.69 Å². The molecule has 0 fully saturated rings. The van der Waals surface area contributed by atoms with E-state index < -0.39 is 0 Å². The van der Waals surface area contributed by atoms with Crippen molar-refractivity contribution in [3.05, 3.63) is 52.9 Å². The number of nitrogens with two attached hydrogens (primary N) is 1. The minimum absolute atomic E-state index is 0.113. The first kappa shape index (κ1) is 18.9. The van der Waals surface area contributed by atoms with E-state index in [1.54, 1.807) is 12.2 Å². The Balaban J connectivity index is 2.27. The van der Waals surface area contributed by atoms with Crippen molar-refractivity contribution in [2.75, 3.05) is 19.8 Å². The van der Waals surface area contributed by atoms with Gasteiger partial charge >= 0.3 is 0 Å². The lowest BCUT2D eigenvalue weighted by atomic mass is 10.0. The number of benzene rings is 1. The van der Waals surface area contributed by atoms with Crippen LogP contribution < -0.4 is 11.1 Å². The molecule has 6 nitrogen and oxygen atoms in total. The van der Waals surface area contributed by atoms with Gasteiger partial charge in [0.25, 0.3) is 0 Å². The maximum Gasteiger partial charge on any atom is 0.144 e. The smallest absolute Gasteiger partial charge is 0.144 e. The summed E-state index contributed by atoms with van der Waals surface area (Å²) in [6, 6.07) is 6.16. The lowest BCUT2D eigenvalue weighted by molar-refractivity contribution is 0.237. The van der Waals surface area contributed by atoms with Crippen LogP contribution in [0.1, 0.15) is 31.0 Å². The van der Waals surface area contributed by atoms with Crippen LogP contribution in [0.15, 0.2) is 46.8 Å². The summed E-state index contributed by atoms with van der Waals surface area (Å²) in [5, 5.41) is 20.2. The molecule has 1 aliphatic carbocycles. The molecule has 1 aromatic rings. The summed E-state index contributed by atoms with van der Waals surface area (Å²) in [7, 11) is 0. The highest BCUT2D eigenvalue weighted by atomic mass is 16.5. The normalized spacial score (nSPS) is 17.3. The molecule has 0 spiro atoms. The highest BCUT2D eigenvalue weighted by Crippen LogP contribution is 2.25. The molecule has 1 unspecified atom stereocenters. The largest absolute Gasteiger partial charge is 0.492 e. The summed E-state index contributed by atoms with van der Waals surface area (Å²) in [6.07, 6.45) is 3.27. The SMILES string of the molecule is CCOC1=CC(=Nc2ccc(C(C)NCCO)cc2C)C(=N)C=C1N. The van der Waals surface area contributed by atoms with E-state index in [4.69, 9.17) is 21.0 Å². The lowest BCUT2D eigenvalue weighted by Gasteiger charge is -2.16. The number of rotatable bonds is 7. The van der Waals surface area contributed by atoms with Gasteiger partial charge in [0.05, 0.1) is 36.0 Å². The molecule has 0 aromatic heterocycles. The average Bonchev–Trinajstić information content (AvgIpc) is 2.58. The molecule has 1 aliphatic rings. The van der Waals surface area contributed by atoms with Gasteiger partial charge in [0.1, 0.15) is 5.76 Å². The summed E-state index contributed by atoms with van der Waals surface area (Å²) >= 11 is 0. The molecule has 2 rings (SSSR count). The average molecular weight is 342 g/mol. The number of aryl methyl sites for hydroxylation is 1. The van der Waals surface area contributed by atoms with E-state index in [2.05, 4.69) is 23.3 Å². The number of aliphatic imine (C=N–C) groups is 1. The van der Waals surface area contributed by atoms with Crippen molar-refractivity contribution in [1.29, 1.82) is 5.41 Å². The van der Waals surface area contributed by atoms with Crippen LogP contribution in [0, 0.1) is 12.3 Å². The molecule has 25 heavy (non-hydrogen) atoms. The Hall–Kier alpha value is -2.44. The fraction of sp³-hybridized carbons (Fsp3) is 0.368. The lowest BCUT2D eigenvalue weighted by Crippen LogP contribution is -2.22.